The van der Waals surface area contributed by atoms with Crippen molar-refractivity contribution in [2.75, 3.05) is 13.2 Å². The molecule has 0 bridgehead atoms. The maximum atomic E-state index is 8.74. The van der Waals surface area contributed by atoms with E-state index < -0.39 is 10.4 Å². The fourth-order valence-corrected chi connectivity index (χ4v) is 2.17. The molecule has 0 saturated heterocycles. The Morgan fingerprint density at radius 3 is 1.35 bits per heavy atom. The zero-order chi connectivity index (χ0) is 28.1. The van der Waals surface area contributed by atoms with E-state index >= 15 is 0 Å². The lowest BCUT2D eigenvalue weighted by Gasteiger charge is -2.01. The minimum Gasteiger partial charge on any atom is -0.488 e. The summed E-state index contributed by atoms with van der Waals surface area (Å²) < 4.78 is 44.2. The van der Waals surface area contributed by atoms with E-state index in [0.717, 1.165) is 20.4 Å². The molecule has 0 spiro atoms. The molecule has 10 N–H and O–H groups in total. The molecule has 0 radical (unpaired) electrons. The highest BCUT2D eigenvalue weighted by molar-refractivity contribution is 9.10. The molecule has 37 heavy (non-hydrogen) atoms. The molecule has 16 nitrogen and oxygen atoms in total. The highest BCUT2D eigenvalue weighted by Crippen LogP contribution is 2.16. The summed E-state index contributed by atoms with van der Waals surface area (Å²) in [6.45, 7) is 0.535. The van der Waals surface area contributed by atoms with Crippen LogP contribution in [-0.4, -0.2) is 65.5 Å². The Hall–Kier alpha value is -3.33. The average molecular weight is 672 g/mol. The van der Waals surface area contributed by atoms with Crippen LogP contribution in [0.3, 0.4) is 0 Å². The second-order valence-electron chi connectivity index (χ2n) is 5.77. The number of halogens is 2. The van der Waals surface area contributed by atoms with Crippen molar-refractivity contribution >= 4 is 66.6 Å². The van der Waals surface area contributed by atoms with E-state index in [2.05, 4.69) is 52.3 Å². The number of hydroxylamine groups is 2. The molecule has 19 heteroatoms. The Kier molecular flexibility index (Phi) is 18.0. The van der Waals surface area contributed by atoms with Crippen molar-refractivity contribution in [1.82, 2.24) is 11.0 Å². The molecule has 2 aromatic rings. The summed E-state index contributed by atoms with van der Waals surface area (Å²) in [7, 11) is -4.67. The first-order valence-electron chi connectivity index (χ1n) is 9.41. The zero-order valence-electron chi connectivity index (χ0n) is 18.7. The van der Waals surface area contributed by atoms with Gasteiger partial charge in [-0.2, -0.15) is 18.6 Å². The van der Waals surface area contributed by atoms with Crippen LogP contribution >= 0.6 is 31.9 Å². The molecule has 0 aromatic heterocycles. The van der Waals surface area contributed by atoms with Crippen LogP contribution in [0.2, 0.25) is 0 Å². The third-order valence-electron chi connectivity index (χ3n) is 3.00. The van der Waals surface area contributed by atoms with E-state index in [-0.39, 0.29) is 25.1 Å². The van der Waals surface area contributed by atoms with Crippen molar-refractivity contribution in [3.8, 4) is 11.5 Å². The Morgan fingerprint density at radius 2 is 1.08 bits per heavy atom. The van der Waals surface area contributed by atoms with Gasteiger partial charge < -0.3 is 20.9 Å². The van der Waals surface area contributed by atoms with Crippen molar-refractivity contribution in [1.29, 1.82) is 0 Å². The normalized spacial score (nSPS) is 11.7. The second-order valence-corrected chi connectivity index (χ2v) is 8.49. The van der Waals surface area contributed by atoms with Crippen molar-refractivity contribution in [3.05, 3.63) is 57.5 Å². The summed E-state index contributed by atoms with van der Waals surface area (Å²) in [4.78, 5) is 0. The first-order chi connectivity index (χ1) is 17.4. The van der Waals surface area contributed by atoms with E-state index in [1.807, 2.05) is 48.5 Å². The number of nitrogens with zero attached hydrogens (tertiary/aromatic N) is 4. The van der Waals surface area contributed by atoms with Crippen molar-refractivity contribution in [3.63, 3.8) is 0 Å². The van der Waals surface area contributed by atoms with Crippen molar-refractivity contribution in [2.24, 2.45) is 31.9 Å². The van der Waals surface area contributed by atoms with Gasteiger partial charge in [-0.25, -0.2) is 11.0 Å². The van der Waals surface area contributed by atoms with Crippen LogP contribution < -0.4 is 31.9 Å². The Morgan fingerprint density at radius 1 is 0.784 bits per heavy atom. The molecule has 204 valence electrons. The molecule has 0 aliphatic rings. The van der Waals surface area contributed by atoms with Gasteiger partial charge in [0.15, 0.2) is 0 Å². The Labute approximate surface area is 228 Å². The first-order valence-corrected chi connectivity index (χ1v) is 12.4. The van der Waals surface area contributed by atoms with Crippen LogP contribution in [0, 0.1) is 0 Å². The molecule has 0 unspecified atom stereocenters. The third-order valence-corrected chi connectivity index (χ3v) is 4.06. The first kappa shape index (κ1) is 33.7. The molecule has 0 heterocycles. The van der Waals surface area contributed by atoms with Gasteiger partial charge in [-0.3, -0.25) is 19.5 Å². The minimum atomic E-state index is -4.67. The van der Waals surface area contributed by atoms with Crippen molar-refractivity contribution in [2.45, 2.75) is 0 Å². The largest absolute Gasteiger partial charge is 0.488 e. The number of rotatable bonds is 8. The standard InChI is InChI=1S/2C9H11BrN4O2.H2O4S/c2*10-7-1-3-8(4-2-7)16-6-5-12-13-9(11)14-15;1-5(2,3)4/h2*1-5,15H,6H2,(H3,11,13,14);(H2,1,2,3,4)/b2*12-5+;. The summed E-state index contributed by atoms with van der Waals surface area (Å²) in [5.41, 5.74) is 13.5. The maximum Gasteiger partial charge on any atom is 0.394 e. The highest BCUT2D eigenvalue weighted by atomic mass is 79.9. The Bertz CT molecular complexity index is 1050. The van der Waals surface area contributed by atoms with E-state index in [9.17, 15) is 0 Å². The number of guanidine groups is 2. The van der Waals surface area contributed by atoms with Crippen LogP contribution in [0.15, 0.2) is 77.9 Å². The van der Waals surface area contributed by atoms with E-state index in [1.165, 1.54) is 12.4 Å². The van der Waals surface area contributed by atoms with Crippen LogP contribution in [0.1, 0.15) is 0 Å². The van der Waals surface area contributed by atoms with E-state index in [1.54, 1.807) is 11.0 Å². The average Bonchev–Trinajstić information content (AvgIpc) is 2.85. The molecule has 2 aromatic carbocycles. The number of ether oxygens (including phenoxy) is 2. The fourth-order valence-electron chi connectivity index (χ4n) is 1.65. The van der Waals surface area contributed by atoms with Gasteiger partial charge in [-0.15, -0.1) is 10.2 Å². The van der Waals surface area contributed by atoms with Crippen LogP contribution in [0.25, 0.3) is 0 Å². The van der Waals surface area contributed by atoms with Crippen LogP contribution in [0.4, 0.5) is 0 Å². The van der Waals surface area contributed by atoms with Gasteiger partial charge in [0.25, 0.3) is 0 Å². The molecule has 0 aliphatic carbocycles. The van der Waals surface area contributed by atoms with Gasteiger partial charge in [-0.05, 0) is 48.5 Å². The van der Waals surface area contributed by atoms with Crippen LogP contribution in [-0.2, 0) is 10.4 Å². The van der Waals surface area contributed by atoms with Crippen LogP contribution in [0.5, 0.6) is 11.5 Å². The maximum absolute atomic E-state index is 8.74. The third kappa shape index (κ3) is 22.9. The predicted octanol–water partition coefficient (Wildman–Crippen LogP) is 1.56. The topological polar surface area (TPSA) is 259 Å². The van der Waals surface area contributed by atoms with Crippen molar-refractivity contribution < 1.29 is 37.4 Å². The summed E-state index contributed by atoms with van der Waals surface area (Å²) >= 11 is 6.64. The second kappa shape index (κ2) is 19.8. The van der Waals surface area contributed by atoms with Gasteiger partial charge in [0.1, 0.15) is 24.7 Å². The number of hydrogen-bond donors (Lipinski definition) is 8. The lowest BCUT2D eigenvalue weighted by Crippen LogP contribution is -2.27. The van der Waals surface area contributed by atoms with Gasteiger partial charge in [0.2, 0.25) is 11.9 Å². The van der Waals surface area contributed by atoms with Gasteiger partial charge in [0.05, 0.1) is 12.4 Å². The van der Waals surface area contributed by atoms with Gasteiger partial charge in [0, 0.05) is 8.95 Å². The van der Waals surface area contributed by atoms with E-state index in [0.29, 0.717) is 0 Å². The number of nitrogens with one attached hydrogen (secondary N) is 2. The molecular weight excluding hydrogens is 648 g/mol. The lowest BCUT2D eigenvalue weighted by molar-refractivity contribution is 0.232. The monoisotopic (exact) mass is 670 g/mol. The molecular formula is C18H24Br2N8O8S. The predicted molar refractivity (Wildman–Crippen MR) is 144 cm³/mol. The molecule has 0 aliphatic heterocycles. The van der Waals surface area contributed by atoms with E-state index in [4.69, 9.17) is 48.9 Å². The molecule has 0 saturated carbocycles. The molecule has 0 amide bonds. The summed E-state index contributed by atoms with van der Waals surface area (Å²) in [5.74, 6) is 1.10. The lowest BCUT2D eigenvalue weighted by atomic mass is 10.3. The summed E-state index contributed by atoms with van der Waals surface area (Å²) in [5, 5.41) is 30.5. The quantitative estimate of drug-likeness (QED) is 0.0860. The van der Waals surface area contributed by atoms with Gasteiger partial charge >= 0.3 is 10.4 Å². The summed E-state index contributed by atoms with van der Waals surface area (Å²) in [6, 6.07) is 14.8. The summed E-state index contributed by atoms with van der Waals surface area (Å²) in [6.07, 6.45) is 2.85. The highest BCUT2D eigenvalue weighted by Gasteiger charge is 1.92. The zero-order valence-corrected chi connectivity index (χ0v) is 22.7. The number of nitrogens with two attached hydrogens (primary N) is 2. The SMILES string of the molecule is N/C(=N\N=C\COc1ccc(Br)cc1)NO.N/C(=N\N=C\COc1ccc(Br)cc1)NO.O=S(=O)(O)O. The minimum absolute atomic E-state index is 0.181. The number of benzene rings is 2. The van der Waals surface area contributed by atoms with Gasteiger partial charge in [-0.1, -0.05) is 31.9 Å². The fraction of sp³-hybridized carbons (Fsp3) is 0.111. The smallest absolute Gasteiger partial charge is 0.394 e. The molecule has 0 fully saturated rings. The molecule has 0 atom stereocenters. The number of hydrogen-bond acceptors (Lipinski definition) is 10. The molecule has 2 rings (SSSR count). The Balaban J connectivity index is 0.000000594.